The number of rotatable bonds is 5. The first-order chi connectivity index (χ1) is 10.2. The molecule has 2 aromatic rings. The Morgan fingerprint density at radius 2 is 2.38 bits per heavy atom. The molecule has 4 nitrogen and oxygen atoms in total. The smallest absolute Gasteiger partial charge is 0.220 e. The zero-order valence-electron chi connectivity index (χ0n) is 12.2. The summed E-state index contributed by atoms with van der Waals surface area (Å²) in [7, 11) is 0. The van der Waals surface area contributed by atoms with E-state index in [2.05, 4.69) is 16.4 Å². The highest BCUT2D eigenvalue weighted by molar-refractivity contribution is 7.18. The summed E-state index contributed by atoms with van der Waals surface area (Å²) in [5.74, 6) is 0.0808. The average molecular weight is 304 g/mol. The average Bonchev–Trinajstić information content (AvgIpc) is 3.14. The summed E-state index contributed by atoms with van der Waals surface area (Å²) in [4.78, 5) is 16.6. The second-order valence-electron chi connectivity index (χ2n) is 5.48. The van der Waals surface area contributed by atoms with Crippen molar-refractivity contribution in [3.05, 3.63) is 29.3 Å². The van der Waals surface area contributed by atoms with Crippen LogP contribution in [0.25, 0.3) is 10.2 Å². The van der Waals surface area contributed by atoms with E-state index in [0.717, 1.165) is 30.0 Å². The molecule has 21 heavy (non-hydrogen) atoms. The van der Waals surface area contributed by atoms with E-state index >= 15 is 0 Å². The standard InChI is InChI=1S/C16H20N2O2S/c1-11(13-6-4-10-20-13)17-15(19)8-9-16-18-12-5-2-3-7-14(12)21-16/h2-3,5,7,11,13H,4,6,8-10H2,1H3,(H,17,19)/t11-,13-/m1/s1. The first kappa shape index (κ1) is 14.5. The van der Waals surface area contributed by atoms with Crippen LogP contribution < -0.4 is 5.32 Å². The Morgan fingerprint density at radius 1 is 1.52 bits per heavy atom. The largest absolute Gasteiger partial charge is 0.376 e. The maximum absolute atomic E-state index is 12.0. The van der Waals surface area contributed by atoms with Crippen molar-refractivity contribution in [1.29, 1.82) is 0 Å². The van der Waals surface area contributed by atoms with Crippen LogP contribution in [0.4, 0.5) is 0 Å². The first-order valence-corrected chi connectivity index (χ1v) is 8.29. The molecule has 1 aliphatic heterocycles. The summed E-state index contributed by atoms with van der Waals surface area (Å²) in [6, 6.07) is 8.17. The molecular formula is C16H20N2O2S. The number of ether oxygens (including phenoxy) is 1. The van der Waals surface area contributed by atoms with Crippen LogP contribution in [0.2, 0.25) is 0 Å². The molecule has 1 saturated heterocycles. The number of carbonyl (C=O) groups is 1. The molecule has 2 heterocycles. The van der Waals surface area contributed by atoms with Crippen LogP contribution >= 0.6 is 11.3 Å². The molecule has 1 fully saturated rings. The van der Waals surface area contributed by atoms with E-state index < -0.39 is 0 Å². The van der Waals surface area contributed by atoms with Crippen molar-refractivity contribution >= 4 is 27.5 Å². The normalized spacial score (nSPS) is 19.8. The molecule has 5 heteroatoms. The van der Waals surface area contributed by atoms with Crippen molar-refractivity contribution in [3.63, 3.8) is 0 Å². The number of amides is 1. The van der Waals surface area contributed by atoms with Gasteiger partial charge < -0.3 is 10.1 Å². The number of aryl methyl sites for hydroxylation is 1. The van der Waals surface area contributed by atoms with Gasteiger partial charge in [0.15, 0.2) is 0 Å². The van der Waals surface area contributed by atoms with E-state index in [1.807, 2.05) is 25.1 Å². The van der Waals surface area contributed by atoms with Crippen molar-refractivity contribution in [1.82, 2.24) is 10.3 Å². The van der Waals surface area contributed by atoms with E-state index in [1.165, 1.54) is 4.70 Å². The Bertz CT molecular complexity index is 587. The van der Waals surface area contributed by atoms with E-state index in [9.17, 15) is 4.79 Å². The fourth-order valence-corrected chi connectivity index (χ4v) is 3.63. The quantitative estimate of drug-likeness (QED) is 0.924. The molecular weight excluding hydrogens is 284 g/mol. The Balaban J connectivity index is 1.50. The molecule has 0 aliphatic carbocycles. The van der Waals surface area contributed by atoms with Crippen LogP contribution in [0.5, 0.6) is 0 Å². The summed E-state index contributed by atoms with van der Waals surface area (Å²) < 4.78 is 6.77. The van der Waals surface area contributed by atoms with Crippen LogP contribution in [0.1, 0.15) is 31.2 Å². The molecule has 1 aliphatic rings. The van der Waals surface area contributed by atoms with Gasteiger partial charge in [-0.25, -0.2) is 4.98 Å². The fraction of sp³-hybridized carbons (Fsp3) is 0.500. The van der Waals surface area contributed by atoms with Gasteiger partial charge in [-0.05, 0) is 31.9 Å². The molecule has 2 atom stereocenters. The third kappa shape index (κ3) is 3.60. The van der Waals surface area contributed by atoms with E-state index in [4.69, 9.17) is 4.74 Å². The van der Waals surface area contributed by atoms with Crippen molar-refractivity contribution < 1.29 is 9.53 Å². The number of nitrogens with zero attached hydrogens (tertiary/aromatic N) is 1. The lowest BCUT2D eigenvalue weighted by Gasteiger charge is -2.19. The zero-order chi connectivity index (χ0) is 14.7. The molecule has 1 aromatic carbocycles. The minimum Gasteiger partial charge on any atom is -0.376 e. The lowest BCUT2D eigenvalue weighted by atomic mass is 10.1. The molecule has 0 spiro atoms. The molecule has 1 amide bonds. The van der Waals surface area contributed by atoms with Gasteiger partial charge in [-0.15, -0.1) is 11.3 Å². The molecule has 1 N–H and O–H groups in total. The van der Waals surface area contributed by atoms with E-state index in [-0.39, 0.29) is 18.1 Å². The molecule has 1 aromatic heterocycles. The Morgan fingerprint density at radius 3 is 3.14 bits per heavy atom. The predicted octanol–water partition coefficient (Wildman–Crippen LogP) is 2.91. The predicted molar refractivity (Wildman–Crippen MR) is 84.5 cm³/mol. The molecule has 3 rings (SSSR count). The monoisotopic (exact) mass is 304 g/mol. The summed E-state index contributed by atoms with van der Waals surface area (Å²) in [6.07, 6.45) is 3.49. The maximum Gasteiger partial charge on any atom is 0.220 e. The fourth-order valence-electron chi connectivity index (χ4n) is 2.66. The highest BCUT2D eigenvalue weighted by Crippen LogP contribution is 2.22. The van der Waals surface area contributed by atoms with Crippen molar-refractivity contribution in [3.8, 4) is 0 Å². The molecule has 0 saturated carbocycles. The lowest BCUT2D eigenvalue weighted by Crippen LogP contribution is -2.40. The summed E-state index contributed by atoms with van der Waals surface area (Å²) >= 11 is 1.67. The highest BCUT2D eigenvalue weighted by Gasteiger charge is 2.23. The van der Waals surface area contributed by atoms with Gasteiger partial charge in [0.1, 0.15) is 0 Å². The number of nitrogens with one attached hydrogen (secondary N) is 1. The Hall–Kier alpha value is -1.46. The van der Waals surface area contributed by atoms with Crippen molar-refractivity contribution in [2.24, 2.45) is 0 Å². The van der Waals surface area contributed by atoms with Gasteiger partial charge in [-0.1, -0.05) is 12.1 Å². The minimum atomic E-state index is 0.0808. The number of carbonyl (C=O) groups excluding carboxylic acids is 1. The Kier molecular flexibility index (Phi) is 4.51. The van der Waals surface area contributed by atoms with Crippen LogP contribution in [0.3, 0.4) is 0 Å². The summed E-state index contributed by atoms with van der Waals surface area (Å²) in [5.41, 5.74) is 1.02. The summed E-state index contributed by atoms with van der Waals surface area (Å²) in [5, 5.41) is 4.06. The van der Waals surface area contributed by atoms with Crippen molar-refractivity contribution in [2.75, 3.05) is 6.61 Å². The molecule has 0 unspecified atom stereocenters. The number of para-hydroxylation sites is 1. The van der Waals surface area contributed by atoms with Crippen LogP contribution in [0.15, 0.2) is 24.3 Å². The van der Waals surface area contributed by atoms with Gasteiger partial charge in [-0.3, -0.25) is 4.79 Å². The van der Waals surface area contributed by atoms with Gasteiger partial charge in [0.05, 0.1) is 27.4 Å². The topological polar surface area (TPSA) is 51.2 Å². The zero-order valence-corrected chi connectivity index (χ0v) is 13.0. The van der Waals surface area contributed by atoms with E-state index in [1.54, 1.807) is 11.3 Å². The van der Waals surface area contributed by atoms with Gasteiger partial charge in [-0.2, -0.15) is 0 Å². The van der Waals surface area contributed by atoms with Crippen LogP contribution in [0, 0.1) is 0 Å². The van der Waals surface area contributed by atoms with Crippen molar-refractivity contribution in [2.45, 2.75) is 44.8 Å². The highest BCUT2D eigenvalue weighted by atomic mass is 32.1. The molecule has 0 radical (unpaired) electrons. The van der Waals surface area contributed by atoms with Gasteiger partial charge in [0.25, 0.3) is 0 Å². The second-order valence-corrected chi connectivity index (χ2v) is 6.60. The van der Waals surface area contributed by atoms with E-state index in [0.29, 0.717) is 12.8 Å². The maximum atomic E-state index is 12.0. The number of hydrogen-bond acceptors (Lipinski definition) is 4. The van der Waals surface area contributed by atoms with Crippen LogP contribution in [-0.4, -0.2) is 29.6 Å². The van der Waals surface area contributed by atoms with Gasteiger partial charge in [0, 0.05) is 19.4 Å². The number of fused-ring (bicyclic) bond motifs is 1. The number of aromatic nitrogens is 1. The summed E-state index contributed by atoms with van der Waals surface area (Å²) in [6.45, 7) is 2.84. The number of thiazole rings is 1. The SMILES string of the molecule is C[C@@H](NC(=O)CCc1nc2ccccc2s1)[C@H]1CCCO1. The third-order valence-electron chi connectivity index (χ3n) is 3.82. The third-order valence-corrected chi connectivity index (χ3v) is 4.91. The minimum absolute atomic E-state index is 0.0808. The second kappa shape index (κ2) is 6.54. The van der Waals surface area contributed by atoms with Gasteiger partial charge >= 0.3 is 0 Å². The number of benzene rings is 1. The first-order valence-electron chi connectivity index (χ1n) is 7.48. The van der Waals surface area contributed by atoms with Crippen LogP contribution in [-0.2, 0) is 16.0 Å². The number of hydrogen-bond donors (Lipinski definition) is 1. The van der Waals surface area contributed by atoms with Gasteiger partial charge in [0.2, 0.25) is 5.91 Å². The Labute approximate surface area is 128 Å². The molecule has 0 bridgehead atoms. The molecule has 112 valence electrons. The lowest BCUT2D eigenvalue weighted by molar-refractivity contribution is -0.122.